The molecule has 0 N–H and O–H groups in total. The lowest BCUT2D eigenvalue weighted by atomic mass is 10.0. The van der Waals surface area contributed by atoms with Crippen LogP contribution in [0.5, 0.6) is 0 Å². The number of carbonyl (C=O) groups excluding carboxylic acids is 1. The lowest BCUT2D eigenvalue weighted by Gasteiger charge is -2.35. The zero-order valence-corrected chi connectivity index (χ0v) is 15.4. The number of halogens is 1. The minimum Gasteiger partial charge on any atom is -0.381 e. The van der Waals surface area contributed by atoms with E-state index in [4.69, 9.17) is 4.74 Å². The highest BCUT2D eigenvalue weighted by atomic mass is 79.9. The summed E-state index contributed by atoms with van der Waals surface area (Å²) in [5.74, 6) is 0.699. The van der Waals surface area contributed by atoms with Crippen LogP contribution in [0.3, 0.4) is 0 Å². The molecule has 126 valence electrons. The zero-order chi connectivity index (χ0) is 16.2. The van der Waals surface area contributed by atoms with Gasteiger partial charge in [-0.15, -0.1) is 0 Å². The van der Waals surface area contributed by atoms with Crippen molar-refractivity contribution in [2.24, 2.45) is 5.92 Å². The van der Waals surface area contributed by atoms with Crippen molar-refractivity contribution in [3.8, 4) is 0 Å². The van der Waals surface area contributed by atoms with Gasteiger partial charge in [0, 0.05) is 30.1 Å². The van der Waals surface area contributed by atoms with Gasteiger partial charge in [-0.3, -0.25) is 4.79 Å². The molecule has 4 heteroatoms. The fourth-order valence-corrected chi connectivity index (χ4v) is 4.96. The molecule has 1 aromatic rings. The van der Waals surface area contributed by atoms with Crippen molar-refractivity contribution in [2.45, 2.75) is 56.7 Å². The number of nitrogens with zero attached hydrogens (tertiary/aromatic N) is 1. The van der Waals surface area contributed by atoms with Crippen molar-refractivity contribution in [3.05, 3.63) is 35.9 Å². The van der Waals surface area contributed by atoms with Gasteiger partial charge in [0.25, 0.3) is 5.91 Å². The predicted molar refractivity (Wildman–Crippen MR) is 96.0 cm³/mol. The second-order valence-corrected chi connectivity index (χ2v) is 7.48. The average molecular weight is 380 g/mol. The number of hydrogen-bond donors (Lipinski definition) is 0. The monoisotopic (exact) mass is 379 g/mol. The SMILES string of the molecule is COC1CC(N(C(=O)c2ccccc2)C2CCCC2)CC1CBr. The minimum atomic E-state index is 0.201. The Labute approximate surface area is 147 Å². The number of rotatable bonds is 5. The number of methoxy groups -OCH3 is 1. The lowest BCUT2D eigenvalue weighted by Crippen LogP contribution is -2.45. The summed E-state index contributed by atoms with van der Waals surface area (Å²) in [4.78, 5) is 15.4. The number of amides is 1. The molecule has 2 fully saturated rings. The lowest BCUT2D eigenvalue weighted by molar-refractivity contribution is 0.0519. The van der Waals surface area contributed by atoms with Crippen LogP contribution >= 0.6 is 15.9 Å². The van der Waals surface area contributed by atoms with E-state index >= 15 is 0 Å². The molecule has 2 aliphatic carbocycles. The smallest absolute Gasteiger partial charge is 0.254 e. The van der Waals surface area contributed by atoms with Crippen LogP contribution in [0.1, 0.15) is 48.9 Å². The molecule has 3 unspecified atom stereocenters. The van der Waals surface area contributed by atoms with Gasteiger partial charge in [-0.2, -0.15) is 0 Å². The molecule has 3 nitrogen and oxygen atoms in total. The maximum absolute atomic E-state index is 13.2. The third kappa shape index (κ3) is 3.63. The number of carbonyl (C=O) groups is 1. The van der Waals surface area contributed by atoms with Crippen molar-refractivity contribution in [3.63, 3.8) is 0 Å². The molecule has 0 spiro atoms. The molecule has 2 saturated carbocycles. The summed E-state index contributed by atoms with van der Waals surface area (Å²) in [6.45, 7) is 0. The van der Waals surface area contributed by atoms with E-state index in [1.54, 1.807) is 7.11 Å². The van der Waals surface area contributed by atoms with Crippen molar-refractivity contribution in [2.75, 3.05) is 12.4 Å². The Bertz CT molecular complexity index is 503. The first-order valence-corrected chi connectivity index (χ1v) is 9.83. The second-order valence-electron chi connectivity index (χ2n) is 6.83. The molecular formula is C19H26BrNO2. The van der Waals surface area contributed by atoms with E-state index in [1.165, 1.54) is 12.8 Å². The molecule has 0 heterocycles. The van der Waals surface area contributed by atoms with Crippen LogP contribution in [-0.2, 0) is 4.74 Å². The van der Waals surface area contributed by atoms with Gasteiger partial charge in [0.1, 0.15) is 0 Å². The van der Waals surface area contributed by atoms with Crippen molar-refractivity contribution in [1.82, 2.24) is 4.90 Å². The average Bonchev–Trinajstić information content (AvgIpc) is 3.25. The molecule has 0 saturated heterocycles. The van der Waals surface area contributed by atoms with E-state index in [1.807, 2.05) is 30.3 Å². The first kappa shape index (κ1) is 17.0. The fraction of sp³-hybridized carbons (Fsp3) is 0.632. The maximum Gasteiger partial charge on any atom is 0.254 e. The van der Waals surface area contributed by atoms with E-state index in [9.17, 15) is 4.79 Å². The summed E-state index contributed by atoms with van der Waals surface area (Å²) in [5, 5.41) is 0.944. The van der Waals surface area contributed by atoms with Gasteiger partial charge < -0.3 is 9.64 Å². The minimum absolute atomic E-state index is 0.201. The molecule has 3 rings (SSSR count). The van der Waals surface area contributed by atoms with Crippen LogP contribution in [0.2, 0.25) is 0 Å². The Morgan fingerprint density at radius 2 is 1.87 bits per heavy atom. The Kier molecular flexibility index (Phi) is 5.76. The highest BCUT2D eigenvalue weighted by molar-refractivity contribution is 9.09. The van der Waals surface area contributed by atoms with Gasteiger partial charge in [-0.05, 0) is 43.7 Å². The summed E-state index contributed by atoms with van der Waals surface area (Å²) in [6.07, 6.45) is 7.03. The van der Waals surface area contributed by atoms with Crippen LogP contribution in [0, 0.1) is 5.92 Å². The van der Waals surface area contributed by atoms with E-state index in [0.29, 0.717) is 18.0 Å². The molecule has 0 bridgehead atoms. The molecule has 0 aromatic heterocycles. The predicted octanol–water partition coefficient (Wildman–Crippen LogP) is 4.26. The summed E-state index contributed by atoms with van der Waals surface area (Å²) >= 11 is 3.62. The highest BCUT2D eigenvalue weighted by Gasteiger charge is 2.41. The Hall–Kier alpha value is -0.870. The second kappa shape index (κ2) is 7.80. The summed E-state index contributed by atoms with van der Waals surface area (Å²) in [6, 6.07) is 10.5. The standard InChI is InChI=1S/C19H26BrNO2/c1-23-18-12-17(11-15(18)13-20)21(16-9-5-6-10-16)19(22)14-7-3-2-4-8-14/h2-4,7-8,15-18H,5-6,9-13H2,1H3. The van der Waals surface area contributed by atoms with Crippen molar-refractivity contribution >= 4 is 21.8 Å². The first-order chi connectivity index (χ1) is 11.2. The first-order valence-electron chi connectivity index (χ1n) is 8.71. The van der Waals surface area contributed by atoms with Gasteiger partial charge in [0.05, 0.1) is 6.10 Å². The third-order valence-corrected chi connectivity index (χ3v) is 6.30. The molecule has 1 aromatic carbocycles. The molecular weight excluding hydrogens is 354 g/mol. The van der Waals surface area contributed by atoms with Crippen LogP contribution in [0.15, 0.2) is 30.3 Å². The van der Waals surface area contributed by atoms with Crippen molar-refractivity contribution < 1.29 is 9.53 Å². The molecule has 23 heavy (non-hydrogen) atoms. The van der Waals surface area contributed by atoms with Crippen LogP contribution in [-0.4, -0.2) is 41.4 Å². The molecule has 0 radical (unpaired) electrons. The summed E-state index contributed by atoms with van der Waals surface area (Å²) in [7, 11) is 1.79. The van der Waals surface area contributed by atoms with Gasteiger partial charge in [0.2, 0.25) is 0 Å². The van der Waals surface area contributed by atoms with Crippen LogP contribution in [0.4, 0.5) is 0 Å². The highest BCUT2D eigenvalue weighted by Crippen LogP contribution is 2.37. The molecule has 0 aliphatic heterocycles. The third-order valence-electron chi connectivity index (χ3n) is 5.47. The number of alkyl halides is 1. The summed E-state index contributed by atoms with van der Waals surface area (Å²) in [5.41, 5.74) is 0.815. The number of benzene rings is 1. The number of ether oxygens (including phenoxy) is 1. The largest absolute Gasteiger partial charge is 0.381 e. The fourth-order valence-electron chi connectivity index (χ4n) is 4.28. The van der Waals surface area contributed by atoms with E-state index < -0.39 is 0 Å². The van der Waals surface area contributed by atoms with Gasteiger partial charge in [-0.25, -0.2) is 0 Å². The molecule has 3 atom stereocenters. The van der Waals surface area contributed by atoms with Gasteiger partial charge in [0.15, 0.2) is 0 Å². The van der Waals surface area contributed by atoms with E-state index in [0.717, 1.165) is 36.6 Å². The van der Waals surface area contributed by atoms with Crippen LogP contribution < -0.4 is 0 Å². The maximum atomic E-state index is 13.2. The number of hydrogen-bond acceptors (Lipinski definition) is 2. The van der Waals surface area contributed by atoms with Gasteiger partial charge >= 0.3 is 0 Å². The normalized spacial score (nSPS) is 28.2. The van der Waals surface area contributed by atoms with E-state index in [2.05, 4.69) is 20.8 Å². The van der Waals surface area contributed by atoms with Gasteiger partial charge in [-0.1, -0.05) is 47.0 Å². The Balaban J connectivity index is 1.83. The molecule has 2 aliphatic rings. The zero-order valence-electron chi connectivity index (χ0n) is 13.8. The Morgan fingerprint density at radius 3 is 2.43 bits per heavy atom. The quantitative estimate of drug-likeness (QED) is 0.715. The molecule has 1 amide bonds. The summed E-state index contributed by atoms with van der Waals surface area (Å²) < 4.78 is 5.68. The topological polar surface area (TPSA) is 29.5 Å². The van der Waals surface area contributed by atoms with E-state index in [-0.39, 0.29) is 12.0 Å². The Morgan fingerprint density at radius 1 is 1.17 bits per heavy atom. The van der Waals surface area contributed by atoms with Crippen molar-refractivity contribution in [1.29, 1.82) is 0 Å². The van der Waals surface area contributed by atoms with Crippen LogP contribution in [0.25, 0.3) is 0 Å².